The van der Waals surface area contributed by atoms with E-state index < -0.39 is 16.1 Å². The highest BCUT2D eigenvalue weighted by molar-refractivity contribution is 7.85. The molecule has 11 heavy (non-hydrogen) atoms. The first-order chi connectivity index (χ1) is 4.77. The van der Waals surface area contributed by atoms with Gasteiger partial charge >= 0.3 is 5.97 Å². The first-order valence-electron chi connectivity index (χ1n) is 2.61. The minimum Gasteiger partial charge on any atom is -0.481 e. The summed E-state index contributed by atoms with van der Waals surface area (Å²) in [5.41, 5.74) is 4.85. The minimum absolute atomic E-state index is 0.0694. The fraction of sp³-hybridized carbons (Fsp3) is 0.750. The van der Waals surface area contributed by atoms with E-state index in [4.69, 9.17) is 15.4 Å². The predicted octanol–water partition coefficient (Wildman–Crippen LogP) is -1.08. The maximum absolute atomic E-state index is 9.52. The third-order valence-electron chi connectivity index (χ3n) is 0.358. The second kappa shape index (κ2) is 6.08. The summed E-state index contributed by atoms with van der Waals surface area (Å²) in [6, 6.07) is 0. The van der Waals surface area contributed by atoms with E-state index in [-0.39, 0.29) is 13.0 Å². The number of carboxylic acid groups (broad SMARTS) is 1. The van der Waals surface area contributed by atoms with Crippen molar-refractivity contribution in [2.24, 2.45) is 5.73 Å². The summed E-state index contributed by atoms with van der Waals surface area (Å²) in [6.07, 6.45) is 0.785. The second-order valence-corrected chi connectivity index (χ2v) is 3.13. The van der Waals surface area contributed by atoms with Gasteiger partial charge in [0.05, 0.1) is 12.7 Å². The molecule has 0 saturated carbocycles. The third kappa shape index (κ3) is 91.9. The van der Waals surface area contributed by atoms with E-state index in [1.54, 1.807) is 0 Å². The van der Waals surface area contributed by atoms with E-state index in [2.05, 4.69) is 0 Å². The lowest BCUT2D eigenvalue weighted by Gasteiger charge is -1.80. The zero-order valence-electron chi connectivity index (χ0n) is 6.02. The SMILES string of the molecule is CS(=O)(=O)O.NCCC(=O)O. The quantitative estimate of drug-likeness (QED) is 0.471. The Balaban J connectivity index is 0. The number of hydrogen-bond donors (Lipinski definition) is 3. The van der Waals surface area contributed by atoms with Crippen LogP contribution in [0, 0.1) is 0 Å². The molecule has 0 aromatic rings. The normalized spacial score (nSPS) is 9.73. The van der Waals surface area contributed by atoms with Gasteiger partial charge in [0.1, 0.15) is 0 Å². The van der Waals surface area contributed by atoms with Crippen LogP contribution in [0.1, 0.15) is 6.42 Å². The van der Waals surface area contributed by atoms with E-state index in [0.29, 0.717) is 6.26 Å². The van der Waals surface area contributed by atoms with E-state index in [0.717, 1.165) is 0 Å². The lowest BCUT2D eigenvalue weighted by molar-refractivity contribution is -0.136. The molecule has 0 unspecified atom stereocenters. The second-order valence-electron chi connectivity index (χ2n) is 1.67. The van der Waals surface area contributed by atoms with Crippen molar-refractivity contribution in [2.45, 2.75) is 6.42 Å². The predicted molar refractivity (Wildman–Crippen MR) is 38.8 cm³/mol. The Morgan fingerprint density at radius 3 is 1.82 bits per heavy atom. The van der Waals surface area contributed by atoms with Crippen LogP contribution in [0.5, 0.6) is 0 Å². The Labute approximate surface area is 64.8 Å². The largest absolute Gasteiger partial charge is 0.481 e. The average molecular weight is 185 g/mol. The number of carboxylic acids is 1. The van der Waals surface area contributed by atoms with Gasteiger partial charge < -0.3 is 10.8 Å². The van der Waals surface area contributed by atoms with Crippen LogP contribution in [0.4, 0.5) is 0 Å². The molecule has 0 spiro atoms. The van der Waals surface area contributed by atoms with Crippen molar-refractivity contribution in [2.75, 3.05) is 12.8 Å². The molecule has 0 saturated heterocycles. The highest BCUT2D eigenvalue weighted by Crippen LogP contribution is 1.67. The molecule has 0 amide bonds. The van der Waals surface area contributed by atoms with Crippen molar-refractivity contribution in [1.82, 2.24) is 0 Å². The molecule has 0 fully saturated rings. The van der Waals surface area contributed by atoms with E-state index >= 15 is 0 Å². The van der Waals surface area contributed by atoms with Crippen molar-refractivity contribution in [1.29, 1.82) is 0 Å². The van der Waals surface area contributed by atoms with Gasteiger partial charge in [0.25, 0.3) is 10.1 Å². The Hall–Kier alpha value is -0.660. The van der Waals surface area contributed by atoms with Gasteiger partial charge in [0.15, 0.2) is 0 Å². The van der Waals surface area contributed by atoms with Gasteiger partial charge in [-0.1, -0.05) is 0 Å². The van der Waals surface area contributed by atoms with Crippen LogP contribution in [0.2, 0.25) is 0 Å². The maximum atomic E-state index is 9.52. The zero-order chi connectivity index (χ0) is 9.49. The molecule has 0 aromatic heterocycles. The molecule has 7 heteroatoms. The van der Waals surface area contributed by atoms with Gasteiger partial charge in [0.2, 0.25) is 0 Å². The van der Waals surface area contributed by atoms with Crippen LogP contribution >= 0.6 is 0 Å². The van der Waals surface area contributed by atoms with Crippen LogP contribution in [-0.4, -0.2) is 36.8 Å². The van der Waals surface area contributed by atoms with Crippen LogP contribution in [0.25, 0.3) is 0 Å². The molecule has 0 aliphatic rings. The lowest BCUT2D eigenvalue weighted by atomic mass is 10.5. The van der Waals surface area contributed by atoms with Gasteiger partial charge in [-0.2, -0.15) is 8.42 Å². The summed E-state index contributed by atoms with van der Waals surface area (Å²) in [4.78, 5) is 9.52. The van der Waals surface area contributed by atoms with Crippen LogP contribution in [0.3, 0.4) is 0 Å². The first-order valence-corrected chi connectivity index (χ1v) is 4.46. The highest BCUT2D eigenvalue weighted by atomic mass is 32.2. The standard InChI is InChI=1S/C3H7NO2.CH4O3S/c4-2-1-3(5)6;1-5(2,3)4/h1-2,4H2,(H,5,6);1H3,(H,2,3,4). The summed E-state index contributed by atoms with van der Waals surface area (Å²) in [7, 11) is -3.67. The average Bonchev–Trinajstić information content (AvgIpc) is 1.58. The highest BCUT2D eigenvalue weighted by Gasteiger charge is 1.87. The summed E-state index contributed by atoms with van der Waals surface area (Å²) in [6.45, 7) is 0.231. The third-order valence-corrected chi connectivity index (χ3v) is 0.358. The Kier molecular flexibility index (Phi) is 7.16. The topological polar surface area (TPSA) is 118 Å². The van der Waals surface area contributed by atoms with E-state index in [1.165, 1.54) is 0 Å². The van der Waals surface area contributed by atoms with Crippen molar-refractivity contribution < 1.29 is 22.9 Å². The number of hydrogen-bond acceptors (Lipinski definition) is 4. The Morgan fingerprint density at radius 1 is 1.55 bits per heavy atom. The van der Waals surface area contributed by atoms with Gasteiger partial charge in [-0.3, -0.25) is 9.35 Å². The van der Waals surface area contributed by atoms with Crippen molar-refractivity contribution >= 4 is 16.1 Å². The molecule has 6 nitrogen and oxygen atoms in total. The molecule has 0 aromatic carbocycles. The molecule has 0 radical (unpaired) electrons. The Bertz CT molecular complexity index is 189. The lowest BCUT2D eigenvalue weighted by Crippen LogP contribution is -2.05. The van der Waals surface area contributed by atoms with Gasteiger partial charge in [-0.05, 0) is 0 Å². The molecule has 0 atom stereocenters. The van der Waals surface area contributed by atoms with E-state index in [9.17, 15) is 13.2 Å². The molecular formula is C4H11NO5S. The van der Waals surface area contributed by atoms with Crippen molar-refractivity contribution in [3.05, 3.63) is 0 Å². The smallest absolute Gasteiger partial charge is 0.304 e. The number of aliphatic carboxylic acids is 1. The summed E-state index contributed by atoms with van der Waals surface area (Å²) < 4.78 is 25.9. The molecule has 0 rings (SSSR count). The van der Waals surface area contributed by atoms with E-state index in [1.807, 2.05) is 0 Å². The molecule has 0 aliphatic carbocycles. The van der Waals surface area contributed by atoms with Crippen LogP contribution < -0.4 is 5.73 Å². The molecule has 0 heterocycles. The summed E-state index contributed by atoms with van der Waals surface area (Å²) >= 11 is 0. The van der Waals surface area contributed by atoms with Gasteiger partial charge in [0, 0.05) is 6.54 Å². The maximum Gasteiger partial charge on any atom is 0.304 e. The molecule has 0 aliphatic heterocycles. The van der Waals surface area contributed by atoms with Gasteiger partial charge in [-0.25, -0.2) is 0 Å². The molecule has 68 valence electrons. The van der Waals surface area contributed by atoms with Crippen molar-refractivity contribution in [3.63, 3.8) is 0 Å². The number of nitrogens with two attached hydrogens (primary N) is 1. The van der Waals surface area contributed by atoms with Gasteiger partial charge in [-0.15, -0.1) is 0 Å². The fourth-order valence-corrected chi connectivity index (χ4v) is 0.123. The monoisotopic (exact) mass is 185 g/mol. The first kappa shape index (κ1) is 13.0. The molecular weight excluding hydrogens is 174 g/mol. The summed E-state index contributed by atoms with van der Waals surface area (Å²) in [5, 5.41) is 7.83. The Morgan fingerprint density at radius 2 is 1.82 bits per heavy atom. The number of rotatable bonds is 2. The van der Waals surface area contributed by atoms with Crippen LogP contribution in [-0.2, 0) is 14.9 Å². The molecule has 4 N–H and O–H groups in total. The summed E-state index contributed by atoms with van der Waals surface area (Å²) in [5.74, 6) is -0.836. The van der Waals surface area contributed by atoms with Crippen LogP contribution in [0.15, 0.2) is 0 Å². The molecule has 0 bridgehead atoms. The minimum atomic E-state index is -3.67. The zero-order valence-corrected chi connectivity index (χ0v) is 6.84. The fourth-order valence-electron chi connectivity index (χ4n) is 0.123. The number of carbonyl (C=O) groups is 1. The van der Waals surface area contributed by atoms with Crippen molar-refractivity contribution in [3.8, 4) is 0 Å².